The quantitative estimate of drug-likeness (QED) is 0.601. The Balaban J connectivity index is 2.54. The summed E-state index contributed by atoms with van der Waals surface area (Å²) in [5.74, 6) is 1.54. The lowest BCUT2D eigenvalue weighted by Gasteiger charge is -2.27. The van der Waals surface area contributed by atoms with Crippen molar-refractivity contribution in [2.24, 2.45) is 10.9 Å². The minimum atomic E-state index is 0.232. The number of benzene rings is 1. The summed E-state index contributed by atoms with van der Waals surface area (Å²) in [6.07, 6.45) is 1.17. The highest BCUT2D eigenvalue weighted by molar-refractivity contribution is 5.80. The molecular formula is C18H32N4. The van der Waals surface area contributed by atoms with Gasteiger partial charge in [-0.25, -0.2) is 0 Å². The van der Waals surface area contributed by atoms with Crippen LogP contribution in [-0.2, 0) is 0 Å². The van der Waals surface area contributed by atoms with Gasteiger partial charge >= 0.3 is 0 Å². The van der Waals surface area contributed by atoms with Crippen LogP contribution in [-0.4, -0.2) is 44.6 Å². The summed E-state index contributed by atoms with van der Waals surface area (Å²) in [7, 11) is 6.09. The lowest BCUT2D eigenvalue weighted by atomic mass is 10.0. The van der Waals surface area contributed by atoms with Crippen LogP contribution in [0.3, 0.4) is 0 Å². The van der Waals surface area contributed by atoms with Crippen LogP contribution in [0.2, 0.25) is 0 Å². The minimum Gasteiger partial charge on any atom is -0.355 e. The van der Waals surface area contributed by atoms with Crippen LogP contribution in [0.15, 0.2) is 35.3 Å². The number of hydrogen-bond donors (Lipinski definition) is 2. The van der Waals surface area contributed by atoms with E-state index in [4.69, 9.17) is 0 Å². The van der Waals surface area contributed by atoms with E-state index in [2.05, 4.69) is 79.7 Å². The van der Waals surface area contributed by atoms with Gasteiger partial charge in [-0.05, 0) is 38.9 Å². The normalized spacial score (nSPS) is 15.0. The molecule has 0 aliphatic heterocycles. The van der Waals surface area contributed by atoms with Gasteiger partial charge < -0.3 is 15.5 Å². The number of guanidine groups is 1. The maximum Gasteiger partial charge on any atom is 0.191 e. The zero-order chi connectivity index (χ0) is 16.5. The Hall–Kier alpha value is -1.55. The van der Waals surface area contributed by atoms with Crippen LogP contribution in [0.5, 0.6) is 0 Å². The maximum absolute atomic E-state index is 4.34. The molecule has 4 nitrogen and oxygen atoms in total. The number of hydrogen-bond acceptors (Lipinski definition) is 2. The Kier molecular flexibility index (Phi) is 7.96. The predicted molar refractivity (Wildman–Crippen MR) is 96.3 cm³/mol. The molecule has 1 aromatic rings. The Morgan fingerprint density at radius 3 is 2.27 bits per heavy atom. The second-order valence-corrected chi connectivity index (χ2v) is 6.48. The third-order valence-corrected chi connectivity index (χ3v) is 3.86. The summed E-state index contributed by atoms with van der Waals surface area (Å²) < 4.78 is 0. The van der Waals surface area contributed by atoms with E-state index in [0.29, 0.717) is 12.0 Å². The van der Waals surface area contributed by atoms with Crippen LogP contribution in [0.4, 0.5) is 0 Å². The van der Waals surface area contributed by atoms with Crippen molar-refractivity contribution >= 4 is 5.96 Å². The standard InChI is InChI=1S/C18H32N4/c1-14(2)12-17(22(5)6)13-20-18(19-4)21-15(3)16-10-8-7-9-11-16/h7-11,14-15,17H,12-13H2,1-6H3,(H2,19,20,21). The molecule has 0 saturated carbocycles. The Bertz CT molecular complexity index is 440. The average Bonchev–Trinajstić information content (AvgIpc) is 2.50. The molecule has 1 rings (SSSR count). The minimum absolute atomic E-state index is 0.232. The molecule has 124 valence electrons. The van der Waals surface area contributed by atoms with Crippen molar-refractivity contribution in [3.63, 3.8) is 0 Å². The van der Waals surface area contributed by atoms with Crippen molar-refractivity contribution in [2.75, 3.05) is 27.7 Å². The second kappa shape index (κ2) is 9.46. The number of rotatable bonds is 7. The molecule has 0 saturated heterocycles. The second-order valence-electron chi connectivity index (χ2n) is 6.48. The highest BCUT2D eigenvalue weighted by atomic mass is 15.2. The summed E-state index contributed by atoms with van der Waals surface area (Å²) in [4.78, 5) is 6.62. The summed E-state index contributed by atoms with van der Waals surface area (Å²) in [6, 6.07) is 11.2. The van der Waals surface area contributed by atoms with Gasteiger partial charge in [0.15, 0.2) is 5.96 Å². The molecule has 0 fully saturated rings. The van der Waals surface area contributed by atoms with E-state index >= 15 is 0 Å². The molecule has 0 bridgehead atoms. The summed E-state index contributed by atoms with van der Waals surface area (Å²) in [5, 5.41) is 6.91. The number of likely N-dealkylation sites (N-methyl/N-ethyl adjacent to an activating group) is 1. The van der Waals surface area contributed by atoms with E-state index in [0.717, 1.165) is 12.5 Å². The third kappa shape index (κ3) is 6.48. The highest BCUT2D eigenvalue weighted by Crippen LogP contribution is 2.11. The van der Waals surface area contributed by atoms with E-state index in [9.17, 15) is 0 Å². The zero-order valence-corrected chi connectivity index (χ0v) is 14.9. The third-order valence-electron chi connectivity index (χ3n) is 3.86. The van der Waals surface area contributed by atoms with Gasteiger partial charge in [-0.2, -0.15) is 0 Å². The van der Waals surface area contributed by atoms with E-state index in [1.807, 2.05) is 13.1 Å². The maximum atomic E-state index is 4.34. The molecule has 2 N–H and O–H groups in total. The Labute approximate surface area is 136 Å². The lowest BCUT2D eigenvalue weighted by Crippen LogP contribution is -2.46. The first kappa shape index (κ1) is 18.5. The van der Waals surface area contributed by atoms with Gasteiger partial charge in [-0.15, -0.1) is 0 Å². The van der Waals surface area contributed by atoms with Gasteiger partial charge in [0.2, 0.25) is 0 Å². The van der Waals surface area contributed by atoms with Gasteiger partial charge in [0, 0.05) is 19.6 Å². The number of nitrogens with zero attached hydrogens (tertiary/aromatic N) is 2. The van der Waals surface area contributed by atoms with Gasteiger partial charge in [0.1, 0.15) is 0 Å². The zero-order valence-electron chi connectivity index (χ0n) is 14.9. The SMILES string of the molecule is CN=C(NCC(CC(C)C)N(C)C)NC(C)c1ccccc1. The van der Waals surface area contributed by atoms with Gasteiger partial charge in [0.05, 0.1) is 6.04 Å². The fraction of sp³-hybridized carbons (Fsp3) is 0.611. The molecule has 0 aromatic heterocycles. The van der Waals surface area contributed by atoms with Crippen molar-refractivity contribution in [2.45, 2.75) is 39.3 Å². The van der Waals surface area contributed by atoms with Crippen molar-refractivity contribution in [1.82, 2.24) is 15.5 Å². The van der Waals surface area contributed by atoms with Crippen molar-refractivity contribution in [1.29, 1.82) is 0 Å². The van der Waals surface area contributed by atoms with Crippen LogP contribution >= 0.6 is 0 Å². The van der Waals surface area contributed by atoms with E-state index in [1.165, 1.54) is 12.0 Å². The predicted octanol–water partition coefficient (Wildman–Crippen LogP) is 2.89. The lowest BCUT2D eigenvalue weighted by molar-refractivity contribution is 0.254. The number of aliphatic imine (C=N–C) groups is 1. The average molecular weight is 304 g/mol. The number of nitrogens with one attached hydrogen (secondary N) is 2. The van der Waals surface area contributed by atoms with Crippen LogP contribution in [0.25, 0.3) is 0 Å². The first-order valence-corrected chi connectivity index (χ1v) is 8.12. The van der Waals surface area contributed by atoms with Crippen LogP contribution < -0.4 is 10.6 Å². The summed E-state index contributed by atoms with van der Waals surface area (Å²) in [6.45, 7) is 7.58. The Morgan fingerprint density at radius 1 is 1.14 bits per heavy atom. The van der Waals surface area contributed by atoms with Gasteiger partial charge in [0.25, 0.3) is 0 Å². The topological polar surface area (TPSA) is 39.7 Å². The van der Waals surface area contributed by atoms with Crippen LogP contribution in [0, 0.1) is 5.92 Å². The van der Waals surface area contributed by atoms with E-state index in [1.54, 1.807) is 0 Å². The molecule has 0 aliphatic carbocycles. The molecule has 4 heteroatoms. The van der Waals surface area contributed by atoms with Crippen LogP contribution in [0.1, 0.15) is 38.8 Å². The molecule has 22 heavy (non-hydrogen) atoms. The highest BCUT2D eigenvalue weighted by Gasteiger charge is 2.14. The van der Waals surface area contributed by atoms with Gasteiger partial charge in [-0.3, -0.25) is 4.99 Å². The first-order chi connectivity index (χ1) is 10.4. The largest absolute Gasteiger partial charge is 0.355 e. The molecule has 1 aromatic carbocycles. The monoisotopic (exact) mass is 304 g/mol. The van der Waals surface area contributed by atoms with Crippen molar-refractivity contribution < 1.29 is 0 Å². The molecule has 0 heterocycles. The molecule has 2 unspecified atom stereocenters. The molecular weight excluding hydrogens is 272 g/mol. The molecule has 0 aliphatic rings. The smallest absolute Gasteiger partial charge is 0.191 e. The van der Waals surface area contributed by atoms with Gasteiger partial charge in [-0.1, -0.05) is 44.2 Å². The molecule has 0 radical (unpaired) electrons. The van der Waals surface area contributed by atoms with E-state index < -0.39 is 0 Å². The summed E-state index contributed by atoms with van der Waals surface area (Å²) in [5.41, 5.74) is 1.26. The van der Waals surface area contributed by atoms with Crippen molar-refractivity contribution in [3.8, 4) is 0 Å². The molecule has 0 amide bonds. The molecule has 2 atom stereocenters. The Morgan fingerprint density at radius 2 is 1.77 bits per heavy atom. The summed E-state index contributed by atoms with van der Waals surface area (Å²) >= 11 is 0. The first-order valence-electron chi connectivity index (χ1n) is 8.12. The fourth-order valence-corrected chi connectivity index (χ4v) is 2.46. The fourth-order valence-electron chi connectivity index (χ4n) is 2.46. The molecule has 0 spiro atoms. The van der Waals surface area contributed by atoms with Crippen molar-refractivity contribution in [3.05, 3.63) is 35.9 Å². The van der Waals surface area contributed by atoms with E-state index in [-0.39, 0.29) is 6.04 Å².